The molecule has 2 amide bonds. The molecule has 1 heterocycles. The molecule has 0 radical (unpaired) electrons. The molecule has 3 aromatic carbocycles. The lowest BCUT2D eigenvalue weighted by atomic mass is 10.0. The third-order valence-corrected chi connectivity index (χ3v) is 7.36. The number of anilines is 1. The molecule has 0 atom stereocenters. The van der Waals surface area contributed by atoms with Crippen LogP contribution >= 0.6 is 0 Å². The Kier molecular flexibility index (Phi) is 9.23. The molecule has 3 aromatic rings. The molecule has 0 bridgehead atoms. The zero-order chi connectivity index (χ0) is 26.9. The molecule has 38 heavy (non-hydrogen) atoms. The molecule has 0 aromatic heterocycles. The summed E-state index contributed by atoms with van der Waals surface area (Å²) in [4.78, 5) is 40.6. The van der Waals surface area contributed by atoms with Crippen molar-refractivity contribution in [2.75, 3.05) is 24.0 Å². The van der Waals surface area contributed by atoms with E-state index in [0.29, 0.717) is 18.7 Å². The van der Waals surface area contributed by atoms with Gasteiger partial charge in [-0.2, -0.15) is 0 Å². The Hall–Kier alpha value is -4.02. The van der Waals surface area contributed by atoms with Gasteiger partial charge in [0.15, 0.2) is 4.90 Å². The fourth-order valence-corrected chi connectivity index (χ4v) is 4.78. The summed E-state index contributed by atoms with van der Waals surface area (Å²) >= 11 is 0. The van der Waals surface area contributed by atoms with Crippen molar-refractivity contribution < 1.29 is 19.1 Å². The maximum Gasteiger partial charge on any atom is 0.311 e. The van der Waals surface area contributed by atoms with Crippen molar-refractivity contribution in [2.45, 2.75) is 37.1 Å². The Balaban J connectivity index is 1.24. The fraction of sp³-hybridized carbons (Fsp3) is 0.258. The second kappa shape index (κ2) is 13.0. The third kappa shape index (κ3) is 7.27. The number of fused-ring (bicyclic) bond motifs is 2. The largest absolute Gasteiger partial charge is 0.427 e. The van der Waals surface area contributed by atoms with Crippen LogP contribution in [0.3, 0.4) is 0 Å². The number of nitrogens with one attached hydrogen (secondary N) is 1. The standard InChI is InChI=1S/C31H30N2O4S/c1-38(2)27-18-16-26(17-19-27)37-31(36)13-7-12-29(34)32-21-20-30(35)33-22-25-10-4-3-8-23(25)14-15-24-9-5-6-11-28(24)33/h3-6,8-11,16-19H,7,12-13,20-22H2,1-2H3/p+1. The quantitative estimate of drug-likeness (QED) is 0.193. The summed E-state index contributed by atoms with van der Waals surface area (Å²) in [7, 11) is 0.148. The number of rotatable bonds is 9. The molecule has 0 aliphatic carbocycles. The van der Waals surface area contributed by atoms with E-state index in [1.54, 1.807) is 17.0 Å². The first-order chi connectivity index (χ1) is 18.4. The van der Waals surface area contributed by atoms with Crippen LogP contribution in [-0.2, 0) is 31.8 Å². The van der Waals surface area contributed by atoms with Crippen LogP contribution in [0.2, 0.25) is 0 Å². The van der Waals surface area contributed by atoms with Crippen LogP contribution in [0.25, 0.3) is 0 Å². The molecule has 194 valence electrons. The van der Waals surface area contributed by atoms with Crippen LogP contribution in [0, 0.1) is 11.8 Å². The molecule has 4 rings (SSSR count). The first-order valence-corrected chi connectivity index (χ1v) is 14.6. The molecule has 0 fully saturated rings. The zero-order valence-corrected chi connectivity index (χ0v) is 22.5. The fourth-order valence-electron chi connectivity index (χ4n) is 4.10. The lowest BCUT2D eigenvalue weighted by molar-refractivity contribution is -0.134. The Bertz CT molecular complexity index is 1370. The van der Waals surface area contributed by atoms with Crippen molar-refractivity contribution in [1.82, 2.24) is 5.32 Å². The van der Waals surface area contributed by atoms with Gasteiger partial charge >= 0.3 is 5.97 Å². The van der Waals surface area contributed by atoms with E-state index in [1.807, 2.05) is 60.7 Å². The van der Waals surface area contributed by atoms with E-state index in [-0.39, 0.29) is 54.5 Å². The summed E-state index contributed by atoms with van der Waals surface area (Å²) in [6, 6.07) is 22.9. The molecule has 1 aliphatic rings. The summed E-state index contributed by atoms with van der Waals surface area (Å²) in [6.07, 6.45) is 5.12. The van der Waals surface area contributed by atoms with E-state index >= 15 is 0 Å². The number of benzene rings is 3. The van der Waals surface area contributed by atoms with Crippen molar-refractivity contribution in [3.63, 3.8) is 0 Å². The first kappa shape index (κ1) is 27.0. The van der Waals surface area contributed by atoms with Crippen LogP contribution < -0.4 is 15.0 Å². The van der Waals surface area contributed by atoms with Gasteiger partial charge in [-0.05, 0) is 54.4 Å². The Morgan fingerprint density at radius 2 is 1.55 bits per heavy atom. The lowest BCUT2D eigenvalue weighted by Crippen LogP contribution is -2.35. The van der Waals surface area contributed by atoms with Gasteiger partial charge in [-0.15, -0.1) is 0 Å². The summed E-state index contributed by atoms with van der Waals surface area (Å²) in [5.41, 5.74) is 3.45. The van der Waals surface area contributed by atoms with E-state index in [1.165, 1.54) is 4.90 Å². The van der Waals surface area contributed by atoms with Gasteiger partial charge < -0.3 is 15.0 Å². The van der Waals surface area contributed by atoms with Crippen molar-refractivity contribution in [2.24, 2.45) is 0 Å². The second-order valence-electron chi connectivity index (χ2n) is 9.12. The normalized spacial score (nSPS) is 11.8. The van der Waals surface area contributed by atoms with Gasteiger partial charge in [0.1, 0.15) is 18.3 Å². The van der Waals surface area contributed by atoms with Crippen molar-refractivity contribution in [1.29, 1.82) is 0 Å². The molecule has 1 N–H and O–H groups in total. The minimum absolute atomic E-state index is 0.0937. The van der Waals surface area contributed by atoms with Crippen LogP contribution in [0.1, 0.15) is 42.4 Å². The molecule has 0 spiro atoms. The van der Waals surface area contributed by atoms with Gasteiger partial charge in [0.05, 0.1) is 12.2 Å². The summed E-state index contributed by atoms with van der Waals surface area (Å²) < 4.78 is 5.36. The number of hydrogen-bond donors (Lipinski definition) is 1. The number of amides is 2. The number of hydrogen-bond acceptors (Lipinski definition) is 4. The van der Waals surface area contributed by atoms with Gasteiger partial charge in [0.2, 0.25) is 11.8 Å². The monoisotopic (exact) mass is 527 g/mol. The highest BCUT2D eigenvalue weighted by atomic mass is 32.2. The van der Waals surface area contributed by atoms with Crippen LogP contribution in [0.15, 0.2) is 77.7 Å². The molecule has 0 saturated heterocycles. The SMILES string of the molecule is C[S+](C)c1ccc(OC(=O)CCCC(=O)NCCC(=O)N2Cc3ccccc3C#Cc3ccccc32)cc1. The van der Waals surface area contributed by atoms with Crippen LogP contribution in [0.4, 0.5) is 5.69 Å². The predicted molar refractivity (Wildman–Crippen MR) is 151 cm³/mol. The molecule has 6 nitrogen and oxygen atoms in total. The van der Waals surface area contributed by atoms with E-state index in [9.17, 15) is 14.4 Å². The smallest absolute Gasteiger partial charge is 0.311 e. The van der Waals surface area contributed by atoms with Gasteiger partial charge in [-0.3, -0.25) is 14.4 Å². The minimum atomic E-state index is -0.369. The molecule has 1 aliphatic heterocycles. The minimum Gasteiger partial charge on any atom is -0.427 e. The lowest BCUT2D eigenvalue weighted by Gasteiger charge is -2.26. The summed E-state index contributed by atoms with van der Waals surface area (Å²) in [5.74, 6) is 6.24. The Morgan fingerprint density at radius 3 is 2.32 bits per heavy atom. The molecule has 7 heteroatoms. The third-order valence-electron chi connectivity index (χ3n) is 6.15. The summed E-state index contributed by atoms with van der Waals surface area (Å²) in [6.45, 7) is 0.633. The highest BCUT2D eigenvalue weighted by Gasteiger charge is 2.21. The maximum atomic E-state index is 13.2. The number of nitrogens with zero attached hydrogens (tertiary/aromatic N) is 1. The average Bonchev–Trinajstić information content (AvgIpc) is 2.90. The number of esters is 1. The van der Waals surface area contributed by atoms with Gasteiger partial charge in [0.25, 0.3) is 0 Å². The number of para-hydroxylation sites is 1. The van der Waals surface area contributed by atoms with E-state index in [0.717, 1.165) is 22.4 Å². The van der Waals surface area contributed by atoms with E-state index in [2.05, 4.69) is 29.7 Å². The topological polar surface area (TPSA) is 75.7 Å². The summed E-state index contributed by atoms with van der Waals surface area (Å²) in [5, 5.41) is 2.80. The van der Waals surface area contributed by atoms with E-state index < -0.39 is 0 Å². The number of carbonyl (C=O) groups is 3. The Labute approximate surface area is 226 Å². The maximum absolute atomic E-state index is 13.2. The van der Waals surface area contributed by atoms with Crippen molar-refractivity contribution in [3.8, 4) is 17.6 Å². The molecule has 0 unspecified atom stereocenters. The second-order valence-corrected chi connectivity index (χ2v) is 11.2. The highest BCUT2D eigenvalue weighted by Crippen LogP contribution is 2.26. The number of carbonyl (C=O) groups excluding carboxylic acids is 3. The first-order valence-electron chi connectivity index (χ1n) is 12.5. The van der Waals surface area contributed by atoms with Crippen molar-refractivity contribution >= 4 is 34.4 Å². The highest BCUT2D eigenvalue weighted by molar-refractivity contribution is 7.95. The van der Waals surface area contributed by atoms with Gasteiger partial charge in [0, 0.05) is 47.8 Å². The zero-order valence-electron chi connectivity index (χ0n) is 21.7. The van der Waals surface area contributed by atoms with Crippen LogP contribution in [0.5, 0.6) is 5.75 Å². The predicted octanol–water partition coefficient (Wildman–Crippen LogP) is 4.45. The van der Waals surface area contributed by atoms with Gasteiger partial charge in [-0.1, -0.05) is 42.2 Å². The molecular formula is C31H31N2O4S+. The van der Waals surface area contributed by atoms with Gasteiger partial charge in [-0.25, -0.2) is 0 Å². The Morgan fingerprint density at radius 1 is 0.868 bits per heavy atom. The average molecular weight is 528 g/mol. The molecule has 0 saturated carbocycles. The van der Waals surface area contributed by atoms with Crippen molar-refractivity contribution in [3.05, 3.63) is 89.5 Å². The number of ether oxygens (including phenoxy) is 1. The van der Waals surface area contributed by atoms with Crippen LogP contribution in [-0.4, -0.2) is 36.8 Å². The molecular weight excluding hydrogens is 496 g/mol. The van der Waals surface area contributed by atoms with E-state index in [4.69, 9.17) is 4.74 Å².